The fourth-order valence-corrected chi connectivity index (χ4v) is 2.49. The SMILES string of the molecule is CC(CCC(=O)O)NC(=O)C1CCCCCCC1. The van der Waals surface area contributed by atoms with Gasteiger partial charge in [-0.3, -0.25) is 9.59 Å². The summed E-state index contributed by atoms with van der Waals surface area (Å²) in [5.41, 5.74) is 0. The number of nitrogens with one attached hydrogen (secondary N) is 1. The molecule has 1 unspecified atom stereocenters. The molecular formula is C14H25NO3. The lowest BCUT2D eigenvalue weighted by Gasteiger charge is -2.21. The summed E-state index contributed by atoms with van der Waals surface area (Å²) in [4.78, 5) is 22.5. The Morgan fingerprint density at radius 1 is 1.17 bits per heavy atom. The highest BCUT2D eigenvalue weighted by molar-refractivity contribution is 5.79. The van der Waals surface area contributed by atoms with E-state index in [2.05, 4.69) is 5.32 Å². The highest BCUT2D eigenvalue weighted by Crippen LogP contribution is 2.22. The molecule has 0 spiro atoms. The zero-order valence-electron chi connectivity index (χ0n) is 11.3. The van der Waals surface area contributed by atoms with E-state index in [9.17, 15) is 9.59 Å². The Morgan fingerprint density at radius 3 is 2.28 bits per heavy atom. The molecular weight excluding hydrogens is 230 g/mol. The molecule has 2 N–H and O–H groups in total. The van der Waals surface area contributed by atoms with Gasteiger partial charge >= 0.3 is 5.97 Å². The maximum absolute atomic E-state index is 12.1. The molecule has 1 fully saturated rings. The Hall–Kier alpha value is -1.06. The van der Waals surface area contributed by atoms with Gasteiger partial charge in [-0.2, -0.15) is 0 Å². The van der Waals surface area contributed by atoms with Crippen LogP contribution in [0.2, 0.25) is 0 Å². The topological polar surface area (TPSA) is 66.4 Å². The van der Waals surface area contributed by atoms with Crippen LogP contribution in [0.5, 0.6) is 0 Å². The van der Waals surface area contributed by atoms with Crippen molar-refractivity contribution in [1.29, 1.82) is 0 Å². The molecule has 18 heavy (non-hydrogen) atoms. The number of amides is 1. The lowest BCUT2D eigenvalue weighted by molar-refractivity contribution is -0.137. The maximum atomic E-state index is 12.1. The smallest absolute Gasteiger partial charge is 0.303 e. The van der Waals surface area contributed by atoms with E-state index >= 15 is 0 Å². The molecule has 1 aliphatic carbocycles. The number of carboxylic acid groups (broad SMARTS) is 1. The number of hydrogen-bond donors (Lipinski definition) is 2. The third-order valence-corrected chi connectivity index (χ3v) is 3.66. The van der Waals surface area contributed by atoms with Crippen molar-refractivity contribution in [3.8, 4) is 0 Å². The second-order valence-electron chi connectivity index (χ2n) is 5.38. The summed E-state index contributed by atoms with van der Waals surface area (Å²) in [6.07, 6.45) is 8.64. The molecule has 0 radical (unpaired) electrons. The predicted octanol–water partition coefficient (Wildman–Crippen LogP) is 2.72. The molecule has 0 saturated heterocycles. The Balaban J connectivity index is 2.30. The average Bonchev–Trinajstić information content (AvgIpc) is 2.25. The van der Waals surface area contributed by atoms with Crippen molar-refractivity contribution in [3.05, 3.63) is 0 Å². The van der Waals surface area contributed by atoms with Crippen LogP contribution in [0.15, 0.2) is 0 Å². The summed E-state index contributed by atoms with van der Waals surface area (Å²) in [5.74, 6) is -0.547. The molecule has 1 atom stereocenters. The zero-order chi connectivity index (χ0) is 13.4. The monoisotopic (exact) mass is 255 g/mol. The van der Waals surface area contributed by atoms with Crippen LogP contribution in [0, 0.1) is 5.92 Å². The van der Waals surface area contributed by atoms with Crippen LogP contribution in [0.1, 0.15) is 64.7 Å². The number of carboxylic acids is 1. The first-order valence-corrected chi connectivity index (χ1v) is 7.11. The number of carbonyl (C=O) groups is 2. The molecule has 104 valence electrons. The van der Waals surface area contributed by atoms with E-state index in [-0.39, 0.29) is 24.3 Å². The van der Waals surface area contributed by atoms with Gasteiger partial charge in [0.05, 0.1) is 0 Å². The van der Waals surface area contributed by atoms with Gasteiger partial charge in [-0.15, -0.1) is 0 Å². The van der Waals surface area contributed by atoms with Crippen molar-refractivity contribution in [2.24, 2.45) is 5.92 Å². The van der Waals surface area contributed by atoms with Crippen LogP contribution >= 0.6 is 0 Å². The van der Waals surface area contributed by atoms with Gasteiger partial charge < -0.3 is 10.4 Å². The molecule has 1 rings (SSSR count). The highest BCUT2D eigenvalue weighted by Gasteiger charge is 2.20. The van der Waals surface area contributed by atoms with E-state index in [1.54, 1.807) is 0 Å². The number of rotatable bonds is 5. The molecule has 0 aromatic heterocycles. The maximum Gasteiger partial charge on any atom is 0.303 e. The fourth-order valence-electron chi connectivity index (χ4n) is 2.49. The molecule has 4 heteroatoms. The van der Waals surface area contributed by atoms with Crippen molar-refractivity contribution < 1.29 is 14.7 Å². The van der Waals surface area contributed by atoms with Gasteiger partial charge in [0, 0.05) is 18.4 Å². The van der Waals surface area contributed by atoms with Crippen LogP contribution in [-0.4, -0.2) is 23.0 Å². The third kappa shape index (κ3) is 6.03. The first-order chi connectivity index (χ1) is 8.59. The van der Waals surface area contributed by atoms with Crippen LogP contribution in [0.4, 0.5) is 0 Å². The Kier molecular flexibility index (Phi) is 6.76. The zero-order valence-corrected chi connectivity index (χ0v) is 11.3. The van der Waals surface area contributed by atoms with Gasteiger partial charge in [-0.05, 0) is 26.2 Å². The van der Waals surface area contributed by atoms with Crippen molar-refractivity contribution >= 4 is 11.9 Å². The van der Waals surface area contributed by atoms with Gasteiger partial charge in [-0.1, -0.05) is 32.1 Å². The van der Waals surface area contributed by atoms with Gasteiger partial charge in [0.1, 0.15) is 0 Å². The van der Waals surface area contributed by atoms with Crippen molar-refractivity contribution in [3.63, 3.8) is 0 Å². The fraction of sp³-hybridized carbons (Fsp3) is 0.857. The van der Waals surface area contributed by atoms with E-state index in [0.29, 0.717) is 6.42 Å². The minimum atomic E-state index is -0.804. The van der Waals surface area contributed by atoms with Gasteiger partial charge in [0.25, 0.3) is 0 Å². The van der Waals surface area contributed by atoms with E-state index < -0.39 is 5.97 Å². The Labute approximate surface area is 109 Å². The van der Waals surface area contributed by atoms with Gasteiger partial charge in [0.2, 0.25) is 5.91 Å². The molecule has 4 nitrogen and oxygen atoms in total. The lowest BCUT2D eigenvalue weighted by atomic mass is 9.90. The van der Waals surface area contributed by atoms with Crippen LogP contribution in [0.25, 0.3) is 0 Å². The quantitative estimate of drug-likeness (QED) is 0.793. The Morgan fingerprint density at radius 2 is 1.72 bits per heavy atom. The summed E-state index contributed by atoms with van der Waals surface area (Å²) in [6.45, 7) is 1.88. The van der Waals surface area contributed by atoms with Gasteiger partial charge in [0.15, 0.2) is 0 Å². The largest absolute Gasteiger partial charge is 0.481 e. The summed E-state index contributed by atoms with van der Waals surface area (Å²) < 4.78 is 0. The summed E-state index contributed by atoms with van der Waals surface area (Å²) in [7, 11) is 0. The first kappa shape index (κ1) is 15.0. The van der Waals surface area contributed by atoms with Crippen molar-refractivity contribution in [1.82, 2.24) is 5.32 Å². The molecule has 0 bridgehead atoms. The molecule has 1 aliphatic rings. The van der Waals surface area contributed by atoms with Crippen LogP contribution in [-0.2, 0) is 9.59 Å². The molecule has 0 aliphatic heterocycles. The summed E-state index contributed by atoms with van der Waals surface area (Å²) in [6, 6.07) is -0.0426. The lowest BCUT2D eigenvalue weighted by Crippen LogP contribution is -2.37. The number of hydrogen-bond acceptors (Lipinski definition) is 2. The van der Waals surface area contributed by atoms with Crippen molar-refractivity contribution in [2.45, 2.75) is 70.8 Å². The molecule has 0 aromatic rings. The summed E-state index contributed by atoms with van der Waals surface area (Å²) >= 11 is 0. The predicted molar refractivity (Wildman–Crippen MR) is 70.3 cm³/mol. The minimum absolute atomic E-state index is 0.0426. The number of aliphatic carboxylic acids is 1. The second kappa shape index (κ2) is 8.11. The molecule has 1 saturated carbocycles. The summed E-state index contributed by atoms with van der Waals surface area (Å²) in [5, 5.41) is 11.6. The molecule has 0 heterocycles. The van der Waals surface area contributed by atoms with E-state index in [1.165, 1.54) is 19.3 Å². The van der Waals surface area contributed by atoms with E-state index in [0.717, 1.165) is 25.7 Å². The standard InChI is InChI=1S/C14H25NO3/c1-11(9-10-13(16)17)15-14(18)12-7-5-3-2-4-6-8-12/h11-12H,2-10H2,1H3,(H,15,18)(H,16,17). The first-order valence-electron chi connectivity index (χ1n) is 7.11. The second-order valence-corrected chi connectivity index (χ2v) is 5.38. The van der Waals surface area contributed by atoms with Crippen LogP contribution < -0.4 is 5.32 Å². The van der Waals surface area contributed by atoms with Crippen LogP contribution in [0.3, 0.4) is 0 Å². The number of carbonyl (C=O) groups excluding carboxylic acids is 1. The minimum Gasteiger partial charge on any atom is -0.481 e. The average molecular weight is 255 g/mol. The van der Waals surface area contributed by atoms with Crippen molar-refractivity contribution in [2.75, 3.05) is 0 Å². The highest BCUT2D eigenvalue weighted by atomic mass is 16.4. The normalized spacial score (nSPS) is 19.6. The molecule has 0 aromatic carbocycles. The van der Waals surface area contributed by atoms with E-state index in [1.807, 2.05) is 6.92 Å². The Bertz CT molecular complexity index is 270. The van der Waals surface area contributed by atoms with E-state index in [4.69, 9.17) is 5.11 Å². The third-order valence-electron chi connectivity index (χ3n) is 3.66. The molecule has 1 amide bonds. The van der Waals surface area contributed by atoms with Gasteiger partial charge in [-0.25, -0.2) is 0 Å².